The van der Waals surface area contributed by atoms with Crippen molar-refractivity contribution >= 4 is 11.9 Å². The topological polar surface area (TPSA) is 94.0 Å². The van der Waals surface area contributed by atoms with Gasteiger partial charge < -0.3 is 15.4 Å². The van der Waals surface area contributed by atoms with E-state index in [-0.39, 0.29) is 24.1 Å². The van der Waals surface area contributed by atoms with E-state index in [0.717, 1.165) is 25.9 Å². The molecule has 0 aromatic carbocycles. The molecule has 0 bridgehead atoms. The quantitative estimate of drug-likeness (QED) is 0.762. The van der Waals surface area contributed by atoms with Crippen LogP contribution >= 0.6 is 0 Å². The van der Waals surface area contributed by atoms with Gasteiger partial charge in [0.2, 0.25) is 11.9 Å². The minimum atomic E-state index is -0.0135. The third-order valence-electron chi connectivity index (χ3n) is 3.74. The first-order valence-corrected chi connectivity index (χ1v) is 6.64. The molecule has 3 atom stereocenters. The highest BCUT2D eigenvalue weighted by atomic mass is 16.5. The van der Waals surface area contributed by atoms with Crippen molar-refractivity contribution in [2.24, 2.45) is 7.05 Å². The van der Waals surface area contributed by atoms with E-state index in [1.165, 1.54) is 0 Å². The third kappa shape index (κ3) is 2.53. The van der Waals surface area contributed by atoms with Gasteiger partial charge in [0.15, 0.2) is 0 Å². The first kappa shape index (κ1) is 12.3. The zero-order chi connectivity index (χ0) is 13.2. The summed E-state index contributed by atoms with van der Waals surface area (Å²) in [6.07, 6.45) is 3.41. The molecule has 1 unspecified atom stereocenters. The molecule has 2 fully saturated rings. The number of aromatic nitrogens is 4. The molecule has 1 aromatic heterocycles. The van der Waals surface area contributed by atoms with Crippen LogP contribution in [0, 0.1) is 0 Å². The number of nitrogens with one attached hydrogen (secondary N) is 2. The minimum absolute atomic E-state index is 0.0135. The predicted octanol–water partition coefficient (Wildman–Crippen LogP) is -0.552. The van der Waals surface area contributed by atoms with Crippen molar-refractivity contribution in [3.63, 3.8) is 0 Å². The Labute approximate surface area is 110 Å². The molecule has 8 nitrogen and oxygen atoms in total. The molecule has 2 N–H and O–H groups in total. The average Bonchev–Trinajstić information content (AvgIpc) is 3.04. The SMILES string of the molecule is Cn1nnnc1N[C@H]1CCC(=O)N[C@@H]1C1CCCO1. The van der Waals surface area contributed by atoms with Gasteiger partial charge >= 0.3 is 0 Å². The number of amides is 1. The largest absolute Gasteiger partial charge is 0.376 e. The molecule has 1 amide bonds. The molecule has 0 spiro atoms. The number of ether oxygens (including phenoxy) is 1. The van der Waals surface area contributed by atoms with Gasteiger partial charge in [-0.05, 0) is 29.7 Å². The van der Waals surface area contributed by atoms with E-state index in [9.17, 15) is 4.79 Å². The first-order chi connectivity index (χ1) is 9.24. The molecule has 19 heavy (non-hydrogen) atoms. The maximum atomic E-state index is 11.6. The van der Waals surface area contributed by atoms with Gasteiger partial charge in [-0.1, -0.05) is 5.10 Å². The van der Waals surface area contributed by atoms with E-state index in [1.54, 1.807) is 11.7 Å². The van der Waals surface area contributed by atoms with E-state index in [4.69, 9.17) is 4.74 Å². The molecule has 0 radical (unpaired) electrons. The number of hydrogen-bond donors (Lipinski definition) is 2. The third-order valence-corrected chi connectivity index (χ3v) is 3.74. The average molecular weight is 266 g/mol. The summed E-state index contributed by atoms with van der Waals surface area (Å²) in [6, 6.07) is 0.0888. The highest BCUT2D eigenvalue weighted by molar-refractivity contribution is 5.77. The van der Waals surface area contributed by atoms with Crippen molar-refractivity contribution in [2.75, 3.05) is 11.9 Å². The van der Waals surface area contributed by atoms with Crippen LogP contribution in [0.4, 0.5) is 5.95 Å². The van der Waals surface area contributed by atoms with Crippen molar-refractivity contribution in [3.05, 3.63) is 0 Å². The Morgan fingerprint density at radius 1 is 1.47 bits per heavy atom. The molecule has 0 saturated carbocycles. The lowest BCUT2D eigenvalue weighted by Gasteiger charge is -2.35. The maximum Gasteiger partial charge on any atom is 0.242 e. The van der Waals surface area contributed by atoms with Crippen LogP contribution in [0.3, 0.4) is 0 Å². The molecule has 0 aliphatic carbocycles. The molecule has 8 heteroatoms. The molecule has 2 aliphatic heterocycles. The standard InChI is InChI=1S/C11H18N6O2/c1-17-11(14-15-16-17)12-7-4-5-9(18)13-10(7)8-3-2-6-19-8/h7-8,10H,2-6H2,1H3,(H,13,18)(H,12,14,16)/t7-,8?,10-/m0/s1. The second-order valence-corrected chi connectivity index (χ2v) is 5.06. The van der Waals surface area contributed by atoms with Crippen LogP contribution in [-0.2, 0) is 16.6 Å². The Morgan fingerprint density at radius 3 is 3.05 bits per heavy atom. The van der Waals surface area contributed by atoms with Crippen LogP contribution in [0.2, 0.25) is 0 Å². The maximum absolute atomic E-state index is 11.6. The Balaban J connectivity index is 1.73. The Kier molecular flexibility index (Phi) is 3.33. The summed E-state index contributed by atoms with van der Waals surface area (Å²) in [6.45, 7) is 0.773. The van der Waals surface area contributed by atoms with Crippen LogP contribution in [0.15, 0.2) is 0 Å². The van der Waals surface area contributed by atoms with Gasteiger partial charge in [-0.2, -0.15) is 0 Å². The Morgan fingerprint density at radius 2 is 2.37 bits per heavy atom. The summed E-state index contributed by atoms with van der Waals surface area (Å²) in [5.74, 6) is 0.707. The van der Waals surface area contributed by atoms with Crippen molar-refractivity contribution in [1.29, 1.82) is 0 Å². The molecule has 3 rings (SSSR count). The first-order valence-electron chi connectivity index (χ1n) is 6.64. The number of aryl methyl sites for hydroxylation is 1. The van der Waals surface area contributed by atoms with Crippen molar-refractivity contribution in [3.8, 4) is 0 Å². The van der Waals surface area contributed by atoms with Crippen LogP contribution < -0.4 is 10.6 Å². The second-order valence-electron chi connectivity index (χ2n) is 5.06. The van der Waals surface area contributed by atoms with Crippen LogP contribution in [0.25, 0.3) is 0 Å². The molecule has 2 aliphatic rings. The zero-order valence-electron chi connectivity index (χ0n) is 10.9. The van der Waals surface area contributed by atoms with E-state index in [1.807, 2.05) is 0 Å². The molecular weight excluding hydrogens is 248 g/mol. The van der Waals surface area contributed by atoms with Crippen molar-refractivity contribution in [2.45, 2.75) is 43.9 Å². The second kappa shape index (κ2) is 5.12. The molecular formula is C11H18N6O2. The normalized spacial score (nSPS) is 31.2. The molecule has 104 valence electrons. The monoisotopic (exact) mass is 266 g/mol. The van der Waals surface area contributed by atoms with Crippen LogP contribution in [0.1, 0.15) is 25.7 Å². The number of carbonyl (C=O) groups excluding carboxylic acids is 1. The summed E-state index contributed by atoms with van der Waals surface area (Å²) in [5, 5.41) is 17.7. The molecule has 2 saturated heterocycles. The molecule has 1 aromatic rings. The highest BCUT2D eigenvalue weighted by Gasteiger charge is 2.37. The van der Waals surface area contributed by atoms with Gasteiger partial charge in [0.25, 0.3) is 0 Å². The number of rotatable bonds is 3. The lowest BCUT2D eigenvalue weighted by atomic mass is 9.92. The number of nitrogens with zero attached hydrogens (tertiary/aromatic N) is 4. The van der Waals surface area contributed by atoms with Gasteiger partial charge in [-0.15, -0.1) is 0 Å². The summed E-state index contributed by atoms with van der Waals surface area (Å²) in [4.78, 5) is 11.6. The zero-order valence-corrected chi connectivity index (χ0v) is 10.9. The fraction of sp³-hybridized carbons (Fsp3) is 0.818. The van der Waals surface area contributed by atoms with Gasteiger partial charge in [0, 0.05) is 20.1 Å². The Bertz CT molecular complexity index is 456. The van der Waals surface area contributed by atoms with E-state index in [0.29, 0.717) is 12.4 Å². The highest BCUT2D eigenvalue weighted by Crippen LogP contribution is 2.24. The summed E-state index contributed by atoms with van der Waals surface area (Å²) >= 11 is 0. The molecule has 3 heterocycles. The fourth-order valence-corrected chi connectivity index (χ4v) is 2.74. The lowest BCUT2D eigenvalue weighted by molar-refractivity contribution is -0.124. The van der Waals surface area contributed by atoms with Gasteiger partial charge in [0.1, 0.15) is 0 Å². The predicted molar refractivity (Wildman–Crippen MR) is 66.3 cm³/mol. The number of hydrogen-bond acceptors (Lipinski definition) is 6. The van der Waals surface area contributed by atoms with E-state index in [2.05, 4.69) is 26.2 Å². The van der Waals surface area contributed by atoms with Crippen molar-refractivity contribution < 1.29 is 9.53 Å². The minimum Gasteiger partial charge on any atom is -0.376 e. The number of anilines is 1. The number of carbonyl (C=O) groups is 1. The van der Waals surface area contributed by atoms with Crippen molar-refractivity contribution in [1.82, 2.24) is 25.5 Å². The smallest absolute Gasteiger partial charge is 0.242 e. The van der Waals surface area contributed by atoms with Gasteiger partial charge in [0.05, 0.1) is 18.2 Å². The van der Waals surface area contributed by atoms with Gasteiger partial charge in [-0.25, -0.2) is 4.68 Å². The number of piperidine rings is 1. The van der Waals surface area contributed by atoms with Crippen LogP contribution in [0.5, 0.6) is 0 Å². The summed E-state index contributed by atoms with van der Waals surface area (Å²) < 4.78 is 7.29. The number of tetrazole rings is 1. The van der Waals surface area contributed by atoms with Gasteiger partial charge in [-0.3, -0.25) is 4.79 Å². The summed E-state index contributed by atoms with van der Waals surface area (Å²) in [7, 11) is 1.78. The fourth-order valence-electron chi connectivity index (χ4n) is 2.74. The van der Waals surface area contributed by atoms with E-state index >= 15 is 0 Å². The summed E-state index contributed by atoms with van der Waals surface area (Å²) in [5.41, 5.74) is 0. The van der Waals surface area contributed by atoms with E-state index < -0.39 is 0 Å². The van der Waals surface area contributed by atoms with Crippen LogP contribution in [-0.4, -0.2) is 50.9 Å². The Hall–Kier alpha value is -1.70. The lowest BCUT2D eigenvalue weighted by Crippen LogP contribution is -2.57.